The Morgan fingerprint density at radius 1 is 1.14 bits per heavy atom. The van der Waals surface area contributed by atoms with Crippen LogP contribution in [0, 0.1) is 0 Å². The highest BCUT2D eigenvalue weighted by Crippen LogP contribution is 2.25. The van der Waals surface area contributed by atoms with E-state index in [1.165, 1.54) is 0 Å². The zero-order chi connectivity index (χ0) is 15.5. The zero-order valence-corrected chi connectivity index (χ0v) is 12.4. The Morgan fingerprint density at radius 2 is 1.82 bits per heavy atom. The van der Waals surface area contributed by atoms with Crippen LogP contribution in [0.25, 0.3) is 11.0 Å². The van der Waals surface area contributed by atoms with Crippen LogP contribution >= 0.6 is 0 Å². The van der Waals surface area contributed by atoms with Crippen molar-refractivity contribution >= 4 is 17.0 Å². The maximum atomic E-state index is 11.6. The third-order valence-electron chi connectivity index (χ3n) is 3.86. The molecular weight excluding hydrogens is 276 g/mol. The molecule has 1 N–H and O–H groups in total. The number of fused-ring (bicyclic) bond motifs is 1. The Bertz CT molecular complexity index is 793. The summed E-state index contributed by atoms with van der Waals surface area (Å²) >= 11 is 0. The number of aromatic nitrogens is 2. The molecule has 0 saturated heterocycles. The molecule has 0 bridgehead atoms. The monoisotopic (exact) mass is 294 g/mol. The van der Waals surface area contributed by atoms with Crippen molar-refractivity contribution in [2.75, 3.05) is 0 Å². The molecule has 0 aliphatic rings. The lowest BCUT2D eigenvalue weighted by atomic mass is 10.1. The van der Waals surface area contributed by atoms with Crippen molar-refractivity contribution in [3.8, 4) is 0 Å². The lowest BCUT2D eigenvalue weighted by molar-refractivity contribution is -0.140. The van der Waals surface area contributed by atoms with E-state index in [9.17, 15) is 9.90 Å². The number of aliphatic carboxylic acids is 1. The predicted molar refractivity (Wildman–Crippen MR) is 85.9 cm³/mol. The number of hydrogen-bond acceptors (Lipinski definition) is 2. The van der Waals surface area contributed by atoms with Crippen molar-refractivity contribution in [1.82, 2.24) is 9.55 Å². The quantitative estimate of drug-likeness (QED) is 0.781. The van der Waals surface area contributed by atoms with E-state index in [2.05, 4.69) is 4.98 Å². The molecule has 4 nitrogen and oxygen atoms in total. The zero-order valence-electron chi connectivity index (χ0n) is 12.4. The summed E-state index contributed by atoms with van der Waals surface area (Å²) < 4.78 is 1.87. The third-order valence-corrected chi connectivity index (χ3v) is 3.86. The normalized spacial score (nSPS) is 12.4. The van der Waals surface area contributed by atoms with E-state index in [0.717, 1.165) is 22.4 Å². The maximum Gasteiger partial charge on any atom is 0.326 e. The summed E-state index contributed by atoms with van der Waals surface area (Å²) in [4.78, 5) is 16.3. The lowest BCUT2D eigenvalue weighted by Crippen LogP contribution is -2.20. The van der Waals surface area contributed by atoms with Crippen LogP contribution in [0.15, 0.2) is 54.6 Å². The molecule has 1 aromatic heterocycles. The second-order valence-corrected chi connectivity index (χ2v) is 5.31. The van der Waals surface area contributed by atoms with Crippen LogP contribution < -0.4 is 0 Å². The Balaban J connectivity index is 2.14. The Hall–Kier alpha value is -2.62. The highest BCUT2D eigenvalue weighted by molar-refractivity contribution is 5.80. The van der Waals surface area contributed by atoms with Crippen LogP contribution in [0.4, 0.5) is 0 Å². The highest BCUT2D eigenvalue weighted by atomic mass is 16.4. The van der Waals surface area contributed by atoms with Gasteiger partial charge < -0.3 is 9.67 Å². The number of para-hydroxylation sites is 2. The average Bonchev–Trinajstić information content (AvgIpc) is 2.87. The largest absolute Gasteiger partial charge is 0.480 e. The molecule has 0 amide bonds. The van der Waals surface area contributed by atoms with Crippen molar-refractivity contribution in [1.29, 1.82) is 0 Å². The molecule has 0 radical (unpaired) electrons. The van der Waals surface area contributed by atoms with Crippen molar-refractivity contribution in [3.63, 3.8) is 0 Å². The first-order chi connectivity index (χ1) is 10.7. The molecule has 0 saturated carbocycles. The second kappa shape index (κ2) is 6.02. The summed E-state index contributed by atoms with van der Waals surface area (Å²) in [6, 6.07) is 17.1. The average molecular weight is 294 g/mol. The molecule has 2 aromatic carbocycles. The standard InChI is InChI=1S/C18H18N2O2/c1-2-15(18(21)22)20-16-11-7-6-10-14(16)19-17(20)12-13-8-4-3-5-9-13/h3-11,15H,2,12H2,1H3,(H,21,22). The molecule has 1 atom stereocenters. The van der Waals surface area contributed by atoms with Crippen LogP contribution in [0.5, 0.6) is 0 Å². The third kappa shape index (κ3) is 2.60. The molecular formula is C18H18N2O2. The highest BCUT2D eigenvalue weighted by Gasteiger charge is 2.23. The van der Waals surface area contributed by atoms with Crippen molar-refractivity contribution < 1.29 is 9.90 Å². The van der Waals surface area contributed by atoms with Gasteiger partial charge in [-0.3, -0.25) is 0 Å². The molecule has 3 aromatic rings. The van der Waals surface area contributed by atoms with Gasteiger partial charge in [0.05, 0.1) is 11.0 Å². The number of imidazole rings is 1. The van der Waals surface area contributed by atoms with Gasteiger partial charge in [0.25, 0.3) is 0 Å². The van der Waals surface area contributed by atoms with E-state index in [-0.39, 0.29) is 0 Å². The Kier molecular flexibility index (Phi) is 3.92. The van der Waals surface area contributed by atoms with Gasteiger partial charge in [-0.15, -0.1) is 0 Å². The minimum Gasteiger partial charge on any atom is -0.480 e. The topological polar surface area (TPSA) is 55.1 Å². The second-order valence-electron chi connectivity index (χ2n) is 5.31. The van der Waals surface area contributed by atoms with Crippen molar-refractivity contribution in [3.05, 3.63) is 66.0 Å². The van der Waals surface area contributed by atoms with E-state index in [1.807, 2.05) is 66.1 Å². The van der Waals surface area contributed by atoms with Crippen LogP contribution in [0.1, 0.15) is 30.8 Å². The molecule has 0 aliphatic carbocycles. The number of carboxylic acid groups (broad SMARTS) is 1. The van der Waals surface area contributed by atoms with E-state index >= 15 is 0 Å². The minimum absolute atomic E-state index is 0.525. The fourth-order valence-electron chi connectivity index (χ4n) is 2.81. The van der Waals surface area contributed by atoms with E-state index < -0.39 is 12.0 Å². The number of hydrogen-bond donors (Lipinski definition) is 1. The molecule has 3 rings (SSSR count). The SMILES string of the molecule is CCC(C(=O)O)n1c(Cc2ccccc2)nc2ccccc21. The van der Waals surface area contributed by atoms with Gasteiger partial charge in [0.2, 0.25) is 0 Å². The molecule has 0 aliphatic heterocycles. The first kappa shape index (κ1) is 14.3. The molecule has 1 unspecified atom stereocenters. The van der Waals surface area contributed by atoms with Crippen LogP contribution in [-0.4, -0.2) is 20.6 Å². The van der Waals surface area contributed by atoms with Gasteiger partial charge in [0.15, 0.2) is 0 Å². The minimum atomic E-state index is -0.819. The summed E-state index contributed by atoms with van der Waals surface area (Å²) in [5, 5.41) is 9.55. The summed E-state index contributed by atoms with van der Waals surface area (Å²) in [6.07, 6.45) is 1.15. The summed E-state index contributed by atoms with van der Waals surface area (Å²) in [5.74, 6) is -0.0263. The van der Waals surface area contributed by atoms with Crippen LogP contribution in [0.3, 0.4) is 0 Å². The number of carboxylic acids is 1. The van der Waals surface area contributed by atoms with E-state index in [1.54, 1.807) is 0 Å². The Morgan fingerprint density at radius 3 is 2.50 bits per heavy atom. The van der Waals surface area contributed by atoms with Crippen molar-refractivity contribution in [2.24, 2.45) is 0 Å². The smallest absolute Gasteiger partial charge is 0.326 e. The van der Waals surface area contributed by atoms with Crippen LogP contribution in [0.2, 0.25) is 0 Å². The van der Waals surface area contributed by atoms with Gasteiger partial charge in [-0.25, -0.2) is 9.78 Å². The van der Waals surface area contributed by atoms with Gasteiger partial charge in [-0.05, 0) is 24.1 Å². The van der Waals surface area contributed by atoms with Gasteiger partial charge >= 0.3 is 5.97 Å². The number of nitrogens with zero attached hydrogens (tertiary/aromatic N) is 2. The fourth-order valence-corrected chi connectivity index (χ4v) is 2.81. The molecule has 1 heterocycles. The molecule has 0 fully saturated rings. The summed E-state index contributed by atoms with van der Waals surface area (Å²) in [5.41, 5.74) is 2.84. The van der Waals surface area contributed by atoms with Crippen LogP contribution in [-0.2, 0) is 11.2 Å². The first-order valence-corrected chi connectivity index (χ1v) is 7.43. The summed E-state index contributed by atoms with van der Waals surface area (Å²) in [7, 11) is 0. The van der Waals surface area contributed by atoms with Crippen molar-refractivity contribution in [2.45, 2.75) is 25.8 Å². The number of benzene rings is 2. The van der Waals surface area contributed by atoms with Gasteiger partial charge in [0.1, 0.15) is 11.9 Å². The number of carbonyl (C=O) groups is 1. The van der Waals surface area contributed by atoms with Gasteiger partial charge in [-0.1, -0.05) is 49.4 Å². The lowest BCUT2D eigenvalue weighted by Gasteiger charge is -2.16. The fraction of sp³-hybridized carbons (Fsp3) is 0.222. The Labute approximate surface area is 129 Å². The van der Waals surface area contributed by atoms with E-state index in [0.29, 0.717) is 12.8 Å². The van der Waals surface area contributed by atoms with E-state index in [4.69, 9.17) is 0 Å². The maximum absolute atomic E-state index is 11.6. The molecule has 0 spiro atoms. The molecule has 4 heteroatoms. The first-order valence-electron chi connectivity index (χ1n) is 7.43. The van der Waals surface area contributed by atoms with Gasteiger partial charge in [0, 0.05) is 6.42 Å². The predicted octanol–water partition coefficient (Wildman–Crippen LogP) is 3.66. The van der Waals surface area contributed by atoms with Gasteiger partial charge in [-0.2, -0.15) is 0 Å². The molecule has 22 heavy (non-hydrogen) atoms. The summed E-state index contributed by atoms with van der Waals surface area (Å²) in [6.45, 7) is 1.89. The molecule has 112 valence electrons. The number of rotatable bonds is 5.